The van der Waals surface area contributed by atoms with Gasteiger partial charge in [0.2, 0.25) is 0 Å². The first kappa shape index (κ1) is 22.9. The predicted octanol–water partition coefficient (Wildman–Crippen LogP) is 5.09. The fourth-order valence-corrected chi connectivity index (χ4v) is 3.55. The molecule has 0 bridgehead atoms. The summed E-state index contributed by atoms with van der Waals surface area (Å²) < 4.78 is 16.1. The van der Waals surface area contributed by atoms with E-state index in [-0.39, 0.29) is 0 Å². The Bertz CT molecular complexity index is 802. The molecule has 0 fully saturated rings. The van der Waals surface area contributed by atoms with Crippen LogP contribution in [0.2, 0.25) is 0 Å². The third-order valence-corrected chi connectivity index (χ3v) is 5.28. The van der Waals surface area contributed by atoms with Crippen LogP contribution in [0.5, 0.6) is 0 Å². The van der Waals surface area contributed by atoms with Crippen molar-refractivity contribution >= 4 is 24.2 Å². The topological polar surface area (TPSA) is 58.6 Å². The Labute approximate surface area is 176 Å². The molecule has 0 aliphatic carbocycles. The van der Waals surface area contributed by atoms with Crippen LogP contribution in [0.3, 0.4) is 0 Å². The monoisotopic (exact) mass is 463 g/mol. The molecule has 4 nitrogen and oxygen atoms in total. The van der Waals surface area contributed by atoms with Crippen molar-refractivity contribution < 1.29 is 14.0 Å². The van der Waals surface area contributed by atoms with Crippen LogP contribution in [-0.2, 0) is 22.1 Å². The molecule has 28 heavy (non-hydrogen) atoms. The Kier molecular flexibility index (Phi) is 11.2. The Morgan fingerprint density at radius 1 is 1.07 bits per heavy atom. The average molecular weight is 464 g/mol. The second-order valence-corrected chi connectivity index (χ2v) is 8.13. The number of hydrogen-bond acceptors (Lipinski definition) is 3. The minimum absolute atomic E-state index is 0.296. The molecule has 0 heterocycles. The lowest BCUT2D eigenvalue weighted by Crippen LogP contribution is -2.15. The second kappa shape index (κ2) is 13.7. The zero-order valence-corrected chi connectivity index (χ0v) is 18.5. The lowest BCUT2D eigenvalue weighted by Gasteiger charge is -2.06. The summed E-state index contributed by atoms with van der Waals surface area (Å²) in [4.78, 5) is 8.58. The molecule has 0 aromatic heterocycles. The van der Waals surface area contributed by atoms with E-state index in [0.29, 0.717) is 13.0 Å². The number of aryl methyl sites for hydroxylation is 1. The lowest BCUT2D eigenvalue weighted by atomic mass is 10.1. The molecule has 0 saturated carbocycles. The molecule has 1 atom stereocenters. The van der Waals surface area contributed by atoms with Gasteiger partial charge in [0, 0.05) is 23.0 Å². The van der Waals surface area contributed by atoms with Crippen molar-refractivity contribution in [3.63, 3.8) is 0 Å². The molecule has 0 aliphatic rings. The van der Waals surface area contributed by atoms with E-state index in [4.69, 9.17) is 4.89 Å². The normalized spacial score (nSPS) is 11.6. The summed E-state index contributed by atoms with van der Waals surface area (Å²) in [5.74, 6) is 6.52. The van der Waals surface area contributed by atoms with Gasteiger partial charge >= 0.3 is 8.25 Å². The van der Waals surface area contributed by atoms with E-state index in [2.05, 4.69) is 74.0 Å². The zero-order valence-electron chi connectivity index (χ0n) is 15.9. The van der Waals surface area contributed by atoms with E-state index in [0.717, 1.165) is 54.4 Å². The van der Waals surface area contributed by atoms with Crippen LogP contribution in [0.4, 0.5) is 0 Å². The van der Waals surface area contributed by atoms with Gasteiger partial charge in [0.15, 0.2) is 0 Å². The van der Waals surface area contributed by atoms with Crippen molar-refractivity contribution in [2.75, 3.05) is 13.2 Å². The molecule has 0 saturated heterocycles. The van der Waals surface area contributed by atoms with Crippen molar-refractivity contribution in [1.29, 1.82) is 0 Å². The Morgan fingerprint density at radius 2 is 1.89 bits per heavy atom. The summed E-state index contributed by atoms with van der Waals surface area (Å²) in [6.45, 7) is 1.77. The standard InChI is InChI=1S/C22H27BrNO3P/c23-22-17-20(18-24-15-8-16-27-28(25)26)13-14-21(22)12-7-2-1-4-9-19-10-5-3-6-11-19/h3,5-6,10-11,13-14,17,24,28H,1-2,4,8-9,15-16,18H2,(H,25,26). The highest BCUT2D eigenvalue weighted by Gasteiger charge is 2.00. The molecule has 2 N–H and O–H groups in total. The SMILES string of the molecule is O=[PH](O)OCCCNCc1ccc(C#CCCCCc2ccccc2)c(Br)c1. The van der Waals surface area contributed by atoms with E-state index in [9.17, 15) is 4.57 Å². The summed E-state index contributed by atoms with van der Waals surface area (Å²) in [5, 5.41) is 3.29. The molecule has 0 amide bonds. The highest BCUT2D eigenvalue weighted by atomic mass is 79.9. The molecule has 1 unspecified atom stereocenters. The Balaban J connectivity index is 1.66. The number of benzene rings is 2. The quantitative estimate of drug-likeness (QED) is 0.276. The molecule has 0 radical (unpaired) electrons. The van der Waals surface area contributed by atoms with Crippen molar-refractivity contribution in [1.82, 2.24) is 5.32 Å². The molecule has 150 valence electrons. The summed E-state index contributed by atoms with van der Waals surface area (Å²) in [6, 6.07) is 16.8. The molecular weight excluding hydrogens is 437 g/mol. The van der Waals surface area contributed by atoms with Gasteiger partial charge in [-0.2, -0.15) is 0 Å². The third-order valence-electron chi connectivity index (χ3n) is 4.17. The smallest absolute Gasteiger partial charge is 0.316 e. The summed E-state index contributed by atoms with van der Waals surface area (Å²) >= 11 is 3.60. The maximum atomic E-state index is 10.4. The van der Waals surface area contributed by atoms with Crippen molar-refractivity contribution in [3.8, 4) is 11.8 Å². The predicted molar refractivity (Wildman–Crippen MR) is 119 cm³/mol. The van der Waals surface area contributed by atoms with Crippen LogP contribution in [0, 0.1) is 11.8 Å². The van der Waals surface area contributed by atoms with Gasteiger partial charge in [0.1, 0.15) is 0 Å². The maximum Gasteiger partial charge on any atom is 0.316 e. The van der Waals surface area contributed by atoms with Gasteiger partial charge in [-0.15, -0.1) is 0 Å². The van der Waals surface area contributed by atoms with E-state index < -0.39 is 8.25 Å². The van der Waals surface area contributed by atoms with Crippen LogP contribution >= 0.6 is 24.2 Å². The first-order valence-electron chi connectivity index (χ1n) is 9.53. The number of nitrogens with one attached hydrogen (secondary N) is 1. The molecule has 6 heteroatoms. The minimum Gasteiger partial charge on any atom is -0.326 e. The van der Waals surface area contributed by atoms with Crippen molar-refractivity contribution in [3.05, 3.63) is 69.7 Å². The van der Waals surface area contributed by atoms with Gasteiger partial charge in [-0.3, -0.25) is 4.57 Å². The highest BCUT2D eigenvalue weighted by Crippen LogP contribution is 2.18. The molecular formula is C22H27BrNO3P. The molecule has 2 aromatic rings. The number of rotatable bonds is 11. The van der Waals surface area contributed by atoms with Gasteiger partial charge in [0.05, 0.1) is 6.61 Å². The lowest BCUT2D eigenvalue weighted by molar-refractivity contribution is 0.276. The zero-order chi connectivity index (χ0) is 20.0. The maximum absolute atomic E-state index is 10.4. The fraction of sp³-hybridized carbons (Fsp3) is 0.364. The van der Waals surface area contributed by atoms with Crippen molar-refractivity contribution in [2.24, 2.45) is 0 Å². The Morgan fingerprint density at radius 3 is 2.64 bits per heavy atom. The average Bonchev–Trinajstić information content (AvgIpc) is 2.69. The van der Waals surface area contributed by atoms with E-state index >= 15 is 0 Å². The molecule has 0 aliphatic heterocycles. The van der Waals surface area contributed by atoms with E-state index in [1.165, 1.54) is 5.56 Å². The van der Waals surface area contributed by atoms with Crippen molar-refractivity contribution in [2.45, 2.75) is 38.6 Å². The van der Waals surface area contributed by atoms with E-state index in [1.807, 2.05) is 12.1 Å². The van der Waals surface area contributed by atoms with E-state index in [1.54, 1.807) is 0 Å². The van der Waals surface area contributed by atoms with Gasteiger partial charge in [-0.25, -0.2) is 0 Å². The van der Waals surface area contributed by atoms with Gasteiger partial charge in [-0.1, -0.05) is 48.2 Å². The molecule has 0 spiro atoms. The number of unbranched alkanes of at least 4 members (excludes halogenated alkanes) is 2. The highest BCUT2D eigenvalue weighted by molar-refractivity contribution is 9.10. The van der Waals surface area contributed by atoms with Crippen LogP contribution in [0.1, 0.15) is 42.4 Å². The molecule has 2 rings (SSSR count). The summed E-state index contributed by atoms with van der Waals surface area (Å²) in [5.41, 5.74) is 3.56. The third kappa shape index (κ3) is 9.68. The first-order chi connectivity index (χ1) is 13.6. The fourth-order valence-electron chi connectivity index (χ4n) is 2.70. The summed E-state index contributed by atoms with van der Waals surface area (Å²) in [6.07, 6.45) is 4.98. The second-order valence-electron chi connectivity index (χ2n) is 6.45. The first-order valence-corrected chi connectivity index (χ1v) is 11.6. The van der Waals surface area contributed by atoms with Crippen LogP contribution in [-0.4, -0.2) is 18.0 Å². The Hall–Kier alpha value is -1.41. The molecule has 2 aromatic carbocycles. The summed E-state index contributed by atoms with van der Waals surface area (Å²) in [7, 11) is -2.81. The van der Waals surface area contributed by atoms with Gasteiger partial charge in [0.25, 0.3) is 0 Å². The largest absolute Gasteiger partial charge is 0.326 e. The van der Waals surface area contributed by atoms with Crippen LogP contribution in [0.15, 0.2) is 53.0 Å². The van der Waals surface area contributed by atoms with Crippen LogP contribution in [0.25, 0.3) is 0 Å². The van der Waals surface area contributed by atoms with Gasteiger partial charge < -0.3 is 14.7 Å². The van der Waals surface area contributed by atoms with Gasteiger partial charge in [-0.05, 0) is 71.4 Å². The number of hydrogen-bond donors (Lipinski definition) is 2. The minimum atomic E-state index is -2.81. The number of halogens is 1. The van der Waals surface area contributed by atoms with Crippen LogP contribution < -0.4 is 5.32 Å².